The van der Waals surface area contributed by atoms with Crippen molar-refractivity contribution in [3.8, 4) is 0 Å². The van der Waals surface area contributed by atoms with E-state index in [0.29, 0.717) is 5.69 Å². The maximum absolute atomic E-state index is 13.4. The third-order valence-corrected chi connectivity index (χ3v) is 3.36. The van der Waals surface area contributed by atoms with Gasteiger partial charge in [-0.15, -0.1) is 0 Å². The minimum absolute atomic E-state index is 0.0136. The SMILES string of the molecule is O=C(CCC(=O)c1ccccc1F)Nc1cccc(Br)c1. The Morgan fingerprint density at radius 1 is 1.05 bits per heavy atom. The van der Waals surface area contributed by atoms with Gasteiger partial charge in [0.25, 0.3) is 0 Å². The van der Waals surface area contributed by atoms with Gasteiger partial charge in [-0.05, 0) is 30.3 Å². The second kappa shape index (κ2) is 7.13. The van der Waals surface area contributed by atoms with E-state index in [9.17, 15) is 14.0 Å². The monoisotopic (exact) mass is 349 g/mol. The molecule has 0 aliphatic rings. The fourth-order valence-corrected chi connectivity index (χ4v) is 2.24. The summed E-state index contributed by atoms with van der Waals surface area (Å²) in [6.07, 6.45) is -0.0134. The molecule has 0 fully saturated rings. The lowest BCUT2D eigenvalue weighted by Crippen LogP contribution is -2.14. The highest BCUT2D eigenvalue weighted by molar-refractivity contribution is 9.10. The van der Waals surface area contributed by atoms with Crippen LogP contribution in [0.15, 0.2) is 53.0 Å². The number of ketones is 1. The Hall–Kier alpha value is -2.01. The fourth-order valence-electron chi connectivity index (χ4n) is 1.84. The predicted octanol–water partition coefficient (Wildman–Crippen LogP) is 4.19. The second-order valence-corrected chi connectivity index (χ2v) is 5.38. The Kier molecular flexibility index (Phi) is 5.22. The van der Waals surface area contributed by atoms with Gasteiger partial charge in [0.15, 0.2) is 5.78 Å². The summed E-state index contributed by atoms with van der Waals surface area (Å²) in [7, 11) is 0. The average molecular weight is 350 g/mol. The predicted molar refractivity (Wildman–Crippen MR) is 82.7 cm³/mol. The van der Waals surface area contributed by atoms with E-state index in [1.165, 1.54) is 18.2 Å². The first-order valence-corrected chi connectivity index (χ1v) is 7.19. The van der Waals surface area contributed by atoms with Crippen LogP contribution in [0.3, 0.4) is 0 Å². The molecule has 21 heavy (non-hydrogen) atoms. The molecule has 0 spiro atoms. The van der Waals surface area contributed by atoms with E-state index in [2.05, 4.69) is 21.2 Å². The molecular formula is C16H13BrFNO2. The van der Waals surface area contributed by atoms with Gasteiger partial charge in [-0.2, -0.15) is 0 Å². The van der Waals surface area contributed by atoms with Crippen LogP contribution < -0.4 is 5.32 Å². The van der Waals surface area contributed by atoms with Gasteiger partial charge < -0.3 is 5.32 Å². The molecule has 2 aromatic carbocycles. The third kappa shape index (κ3) is 4.49. The normalized spacial score (nSPS) is 10.2. The van der Waals surface area contributed by atoms with Crippen LogP contribution >= 0.6 is 15.9 Å². The van der Waals surface area contributed by atoms with E-state index in [-0.39, 0.29) is 30.1 Å². The zero-order valence-electron chi connectivity index (χ0n) is 11.1. The van der Waals surface area contributed by atoms with Crippen molar-refractivity contribution in [3.63, 3.8) is 0 Å². The molecule has 0 heterocycles. The van der Waals surface area contributed by atoms with Crippen LogP contribution in [0.2, 0.25) is 0 Å². The molecular weight excluding hydrogens is 337 g/mol. The Labute approximate surface area is 130 Å². The number of carbonyl (C=O) groups excluding carboxylic acids is 2. The van der Waals surface area contributed by atoms with Crippen LogP contribution in [0.5, 0.6) is 0 Å². The van der Waals surface area contributed by atoms with Crippen LogP contribution in [-0.4, -0.2) is 11.7 Å². The van der Waals surface area contributed by atoms with Gasteiger partial charge in [0.05, 0.1) is 5.56 Å². The number of benzene rings is 2. The van der Waals surface area contributed by atoms with Gasteiger partial charge in [-0.3, -0.25) is 9.59 Å². The molecule has 0 saturated heterocycles. The molecule has 0 aliphatic carbocycles. The number of hydrogen-bond acceptors (Lipinski definition) is 2. The number of rotatable bonds is 5. The number of carbonyl (C=O) groups is 2. The van der Waals surface area contributed by atoms with E-state index >= 15 is 0 Å². The number of anilines is 1. The summed E-state index contributed by atoms with van der Waals surface area (Å²) in [6, 6.07) is 12.9. The zero-order chi connectivity index (χ0) is 15.2. The van der Waals surface area contributed by atoms with Crippen molar-refractivity contribution < 1.29 is 14.0 Å². The van der Waals surface area contributed by atoms with E-state index in [4.69, 9.17) is 0 Å². The summed E-state index contributed by atoms with van der Waals surface area (Å²) in [5.74, 6) is -1.22. The van der Waals surface area contributed by atoms with Crippen LogP contribution in [0, 0.1) is 5.82 Å². The Bertz CT molecular complexity index is 673. The Morgan fingerprint density at radius 2 is 1.81 bits per heavy atom. The number of nitrogens with one attached hydrogen (secondary N) is 1. The highest BCUT2D eigenvalue weighted by Gasteiger charge is 2.13. The molecule has 5 heteroatoms. The van der Waals surface area contributed by atoms with Crippen molar-refractivity contribution in [2.75, 3.05) is 5.32 Å². The number of amides is 1. The van der Waals surface area contributed by atoms with Gasteiger partial charge in [0.2, 0.25) is 5.91 Å². The first-order chi connectivity index (χ1) is 10.1. The van der Waals surface area contributed by atoms with Crippen molar-refractivity contribution in [1.82, 2.24) is 0 Å². The molecule has 0 aromatic heterocycles. The topological polar surface area (TPSA) is 46.2 Å². The first-order valence-electron chi connectivity index (χ1n) is 6.39. The largest absolute Gasteiger partial charge is 0.326 e. The molecule has 0 aliphatic heterocycles. The molecule has 1 N–H and O–H groups in total. The van der Waals surface area contributed by atoms with Gasteiger partial charge in [0.1, 0.15) is 5.82 Å². The summed E-state index contributed by atoms with van der Waals surface area (Å²) in [6.45, 7) is 0. The number of halogens is 2. The van der Waals surface area contributed by atoms with Gasteiger partial charge in [-0.1, -0.05) is 34.1 Å². The molecule has 2 aromatic rings. The summed E-state index contributed by atoms with van der Waals surface area (Å²) < 4.78 is 14.3. The maximum Gasteiger partial charge on any atom is 0.224 e. The zero-order valence-corrected chi connectivity index (χ0v) is 12.7. The van der Waals surface area contributed by atoms with Crippen molar-refractivity contribution in [2.24, 2.45) is 0 Å². The Morgan fingerprint density at radius 3 is 2.52 bits per heavy atom. The van der Waals surface area contributed by atoms with E-state index < -0.39 is 5.82 Å². The van der Waals surface area contributed by atoms with Crippen molar-refractivity contribution >= 4 is 33.3 Å². The molecule has 2 rings (SSSR count). The molecule has 0 saturated carbocycles. The lowest BCUT2D eigenvalue weighted by atomic mass is 10.1. The molecule has 0 atom stereocenters. The lowest BCUT2D eigenvalue weighted by Gasteiger charge is -2.06. The minimum atomic E-state index is -0.560. The van der Waals surface area contributed by atoms with Gasteiger partial charge in [0, 0.05) is 23.0 Å². The molecule has 0 bridgehead atoms. The highest BCUT2D eigenvalue weighted by atomic mass is 79.9. The highest BCUT2D eigenvalue weighted by Crippen LogP contribution is 2.16. The van der Waals surface area contributed by atoms with Crippen molar-refractivity contribution in [2.45, 2.75) is 12.8 Å². The van der Waals surface area contributed by atoms with Crippen molar-refractivity contribution in [1.29, 1.82) is 0 Å². The fraction of sp³-hybridized carbons (Fsp3) is 0.125. The molecule has 108 valence electrons. The molecule has 3 nitrogen and oxygen atoms in total. The molecule has 0 unspecified atom stereocenters. The molecule has 1 amide bonds. The lowest BCUT2D eigenvalue weighted by molar-refractivity contribution is -0.116. The summed E-state index contributed by atoms with van der Waals surface area (Å²) in [4.78, 5) is 23.6. The van der Waals surface area contributed by atoms with Crippen LogP contribution in [0.1, 0.15) is 23.2 Å². The maximum atomic E-state index is 13.4. The minimum Gasteiger partial charge on any atom is -0.326 e. The summed E-state index contributed by atoms with van der Waals surface area (Å²) >= 11 is 3.31. The standard InChI is InChI=1S/C16H13BrFNO2/c17-11-4-3-5-12(10-11)19-16(21)9-8-15(20)13-6-1-2-7-14(13)18/h1-7,10H,8-9H2,(H,19,21). The summed E-state index contributed by atoms with van der Waals surface area (Å²) in [5, 5.41) is 2.69. The number of Topliss-reactive ketones (excluding diaryl/α,β-unsaturated/α-hetero) is 1. The smallest absolute Gasteiger partial charge is 0.224 e. The van der Waals surface area contributed by atoms with E-state index in [1.54, 1.807) is 24.3 Å². The van der Waals surface area contributed by atoms with Crippen LogP contribution in [-0.2, 0) is 4.79 Å². The van der Waals surface area contributed by atoms with E-state index in [1.807, 2.05) is 6.07 Å². The van der Waals surface area contributed by atoms with Crippen molar-refractivity contribution in [3.05, 3.63) is 64.4 Å². The summed E-state index contributed by atoms with van der Waals surface area (Å²) in [5.41, 5.74) is 0.667. The van der Waals surface area contributed by atoms with Crippen LogP contribution in [0.4, 0.5) is 10.1 Å². The quantitative estimate of drug-likeness (QED) is 0.822. The Balaban J connectivity index is 1.90. The first kappa shape index (κ1) is 15.4. The molecule has 0 radical (unpaired) electrons. The average Bonchev–Trinajstić information content (AvgIpc) is 2.45. The van der Waals surface area contributed by atoms with Crippen LogP contribution in [0.25, 0.3) is 0 Å². The second-order valence-electron chi connectivity index (χ2n) is 4.46. The van der Waals surface area contributed by atoms with E-state index in [0.717, 1.165) is 4.47 Å². The number of hydrogen-bond donors (Lipinski definition) is 1. The third-order valence-electron chi connectivity index (χ3n) is 2.86. The van der Waals surface area contributed by atoms with Gasteiger partial charge >= 0.3 is 0 Å². The van der Waals surface area contributed by atoms with Gasteiger partial charge in [-0.25, -0.2) is 4.39 Å².